The number of likely N-dealkylation sites (tertiary alicyclic amines) is 1. The number of nitrogens with zero attached hydrogens (tertiary/aromatic N) is 2. The molecular formula is C20H27N3O2. The lowest BCUT2D eigenvalue weighted by Gasteiger charge is -2.22. The monoisotopic (exact) mass is 341 g/mol. The molecule has 0 spiro atoms. The summed E-state index contributed by atoms with van der Waals surface area (Å²) in [5.41, 5.74) is 1.62. The molecule has 0 radical (unpaired) electrons. The summed E-state index contributed by atoms with van der Waals surface area (Å²) in [5.74, 6) is 3.16. The smallest absolute Gasteiger partial charge is 0.321 e. The first-order valence-corrected chi connectivity index (χ1v) is 9.37. The zero-order chi connectivity index (χ0) is 17.6. The van der Waals surface area contributed by atoms with Gasteiger partial charge in [-0.3, -0.25) is 4.79 Å². The Morgan fingerprint density at radius 2 is 1.76 bits per heavy atom. The van der Waals surface area contributed by atoms with Gasteiger partial charge in [0, 0.05) is 32.9 Å². The second-order valence-electron chi connectivity index (χ2n) is 8.12. The van der Waals surface area contributed by atoms with E-state index in [9.17, 15) is 9.59 Å². The minimum atomic E-state index is -0.0152. The quantitative estimate of drug-likeness (QED) is 0.919. The fraction of sp³-hybridized carbons (Fsp3) is 0.600. The van der Waals surface area contributed by atoms with Crippen molar-refractivity contribution in [3.8, 4) is 0 Å². The lowest BCUT2D eigenvalue weighted by atomic mass is 9.82. The predicted octanol–water partition coefficient (Wildman–Crippen LogP) is 2.83. The standard InChI is InChI=1S/C20H27N3O2/c1-22(2)19(24)10-15-5-3-4-6-18(15)21-20(25)23-11-16-13-7-8-14(9-13)17(16)12-23/h3-6,13-14,16-17H,7-12H2,1-2H3,(H,21,25)/t13-,14+,16-,17+. The first-order chi connectivity index (χ1) is 12.0. The number of nitrogens with one attached hydrogen (secondary N) is 1. The molecule has 25 heavy (non-hydrogen) atoms. The Balaban J connectivity index is 1.43. The van der Waals surface area contributed by atoms with Gasteiger partial charge in [-0.1, -0.05) is 18.2 Å². The predicted molar refractivity (Wildman–Crippen MR) is 97.2 cm³/mol. The molecule has 1 aromatic carbocycles. The van der Waals surface area contributed by atoms with Gasteiger partial charge in [-0.2, -0.15) is 0 Å². The van der Waals surface area contributed by atoms with Crippen LogP contribution in [-0.4, -0.2) is 48.9 Å². The molecule has 3 aliphatic rings. The largest absolute Gasteiger partial charge is 0.349 e. The third-order valence-electron chi connectivity index (χ3n) is 6.52. The van der Waals surface area contributed by atoms with E-state index in [2.05, 4.69) is 5.32 Å². The van der Waals surface area contributed by atoms with Crippen molar-refractivity contribution in [1.29, 1.82) is 0 Å². The minimum absolute atomic E-state index is 0.0152. The molecule has 2 aliphatic carbocycles. The normalized spacial score (nSPS) is 29.6. The van der Waals surface area contributed by atoms with E-state index < -0.39 is 0 Å². The number of hydrogen-bond donors (Lipinski definition) is 1. The van der Waals surface area contributed by atoms with Gasteiger partial charge in [-0.25, -0.2) is 4.79 Å². The lowest BCUT2D eigenvalue weighted by molar-refractivity contribution is -0.127. The highest BCUT2D eigenvalue weighted by Crippen LogP contribution is 2.55. The van der Waals surface area contributed by atoms with Gasteiger partial charge < -0.3 is 15.1 Å². The number of likely N-dealkylation sites (N-methyl/N-ethyl adjacent to an activating group) is 1. The number of para-hydroxylation sites is 1. The Labute approximate surface area is 149 Å². The first-order valence-electron chi connectivity index (χ1n) is 9.37. The summed E-state index contributed by atoms with van der Waals surface area (Å²) >= 11 is 0. The fourth-order valence-corrected chi connectivity index (χ4v) is 5.16. The van der Waals surface area contributed by atoms with E-state index in [1.165, 1.54) is 19.3 Å². The molecule has 1 saturated heterocycles. The molecule has 1 N–H and O–H groups in total. The third-order valence-corrected chi connectivity index (χ3v) is 6.52. The van der Waals surface area contributed by atoms with E-state index in [0.717, 1.165) is 48.0 Å². The summed E-state index contributed by atoms with van der Waals surface area (Å²) < 4.78 is 0. The average Bonchev–Trinajstić information content (AvgIpc) is 3.29. The summed E-state index contributed by atoms with van der Waals surface area (Å²) in [6, 6.07) is 7.59. The van der Waals surface area contributed by atoms with E-state index in [1.807, 2.05) is 29.2 Å². The zero-order valence-corrected chi connectivity index (χ0v) is 15.1. The molecule has 1 aliphatic heterocycles. The van der Waals surface area contributed by atoms with Crippen LogP contribution in [0, 0.1) is 23.7 Å². The van der Waals surface area contributed by atoms with Crippen molar-refractivity contribution in [3.05, 3.63) is 29.8 Å². The SMILES string of the molecule is CN(C)C(=O)Cc1ccccc1NC(=O)N1C[C@@H]2[C@@H]3CC[C@@H](C3)[C@@H]2C1. The molecule has 5 nitrogen and oxygen atoms in total. The summed E-state index contributed by atoms with van der Waals surface area (Å²) in [6.45, 7) is 1.80. The highest BCUT2D eigenvalue weighted by atomic mass is 16.2. The number of fused-ring (bicyclic) bond motifs is 5. The molecule has 4 atom stereocenters. The Kier molecular flexibility index (Phi) is 4.18. The highest BCUT2D eigenvalue weighted by Gasteiger charge is 2.52. The number of carbonyl (C=O) groups is 2. The number of rotatable bonds is 3. The van der Waals surface area contributed by atoms with Crippen LogP contribution in [0.5, 0.6) is 0 Å². The number of anilines is 1. The van der Waals surface area contributed by atoms with E-state index in [4.69, 9.17) is 0 Å². The molecular weight excluding hydrogens is 314 g/mol. The minimum Gasteiger partial charge on any atom is -0.349 e. The summed E-state index contributed by atoms with van der Waals surface area (Å²) in [5, 5.41) is 3.05. The average molecular weight is 341 g/mol. The van der Waals surface area contributed by atoms with Crippen molar-refractivity contribution in [2.75, 3.05) is 32.5 Å². The molecule has 2 saturated carbocycles. The molecule has 5 heteroatoms. The number of urea groups is 1. The second-order valence-corrected chi connectivity index (χ2v) is 8.12. The van der Waals surface area contributed by atoms with Gasteiger partial charge in [0.2, 0.25) is 5.91 Å². The van der Waals surface area contributed by atoms with Gasteiger partial charge in [-0.15, -0.1) is 0 Å². The van der Waals surface area contributed by atoms with Crippen molar-refractivity contribution >= 4 is 17.6 Å². The van der Waals surface area contributed by atoms with E-state index >= 15 is 0 Å². The second kappa shape index (κ2) is 6.36. The lowest BCUT2D eigenvalue weighted by Crippen LogP contribution is -2.34. The molecule has 134 valence electrons. The molecule has 0 unspecified atom stereocenters. The number of amides is 3. The maximum atomic E-state index is 12.8. The Bertz CT molecular complexity index is 669. The van der Waals surface area contributed by atoms with E-state index in [0.29, 0.717) is 6.42 Å². The van der Waals surface area contributed by atoms with Crippen molar-refractivity contribution in [1.82, 2.24) is 9.80 Å². The van der Waals surface area contributed by atoms with Gasteiger partial charge in [0.05, 0.1) is 6.42 Å². The maximum absolute atomic E-state index is 12.8. The third kappa shape index (κ3) is 3.00. The highest BCUT2D eigenvalue weighted by molar-refractivity contribution is 5.91. The van der Waals surface area contributed by atoms with Crippen molar-refractivity contribution in [2.24, 2.45) is 23.7 Å². The van der Waals surface area contributed by atoms with E-state index in [-0.39, 0.29) is 11.9 Å². The van der Waals surface area contributed by atoms with Crippen LogP contribution in [0.4, 0.5) is 10.5 Å². The Morgan fingerprint density at radius 3 is 2.40 bits per heavy atom. The molecule has 4 rings (SSSR count). The molecule has 1 heterocycles. The van der Waals surface area contributed by atoms with Gasteiger partial charge in [-0.05, 0) is 54.6 Å². The zero-order valence-electron chi connectivity index (χ0n) is 15.1. The van der Waals surface area contributed by atoms with Crippen LogP contribution in [0.2, 0.25) is 0 Å². The van der Waals surface area contributed by atoms with Crippen LogP contribution in [0.25, 0.3) is 0 Å². The first kappa shape index (κ1) is 16.4. The van der Waals surface area contributed by atoms with Gasteiger partial charge in [0.1, 0.15) is 0 Å². The summed E-state index contributed by atoms with van der Waals surface area (Å²) in [7, 11) is 3.50. The Morgan fingerprint density at radius 1 is 1.12 bits per heavy atom. The van der Waals surface area contributed by atoms with Crippen LogP contribution in [0.15, 0.2) is 24.3 Å². The van der Waals surface area contributed by atoms with Gasteiger partial charge in [0.25, 0.3) is 0 Å². The van der Waals surface area contributed by atoms with Gasteiger partial charge >= 0.3 is 6.03 Å². The fourth-order valence-electron chi connectivity index (χ4n) is 5.16. The molecule has 0 aromatic heterocycles. The number of benzene rings is 1. The van der Waals surface area contributed by atoms with Crippen LogP contribution in [0.1, 0.15) is 24.8 Å². The van der Waals surface area contributed by atoms with Gasteiger partial charge in [0.15, 0.2) is 0 Å². The van der Waals surface area contributed by atoms with Crippen molar-refractivity contribution < 1.29 is 9.59 Å². The van der Waals surface area contributed by atoms with E-state index in [1.54, 1.807) is 19.0 Å². The van der Waals surface area contributed by atoms with Crippen LogP contribution in [-0.2, 0) is 11.2 Å². The summed E-state index contributed by atoms with van der Waals surface area (Å²) in [6.07, 6.45) is 4.41. The number of hydrogen-bond acceptors (Lipinski definition) is 2. The topological polar surface area (TPSA) is 52.7 Å². The molecule has 1 aromatic rings. The van der Waals surface area contributed by atoms with Crippen LogP contribution >= 0.6 is 0 Å². The number of carbonyl (C=O) groups excluding carboxylic acids is 2. The molecule has 3 amide bonds. The maximum Gasteiger partial charge on any atom is 0.321 e. The van der Waals surface area contributed by atoms with Crippen LogP contribution < -0.4 is 5.32 Å². The Hall–Kier alpha value is -2.04. The van der Waals surface area contributed by atoms with Crippen molar-refractivity contribution in [3.63, 3.8) is 0 Å². The molecule has 3 fully saturated rings. The van der Waals surface area contributed by atoms with Crippen molar-refractivity contribution in [2.45, 2.75) is 25.7 Å². The molecule has 2 bridgehead atoms. The van der Waals surface area contributed by atoms with Crippen LogP contribution in [0.3, 0.4) is 0 Å². The summed E-state index contributed by atoms with van der Waals surface area (Å²) in [4.78, 5) is 28.4.